The van der Waals surface area contributed by atoms with Crippen molar-refractivity contribution in [3.63, 3.8) is 0 Å². The van der Waals surface area contributed by atoms with E-state index < -0.39 is 0 Å². The highest BCUT2D eigenvalue weighted by molar-refractivity contribution is 7.11. The zero-order valence-corrected chi connectivity index (χ0v) is 10.7. The number of hydrogen-bond acceptors (Lipinski definition) is 4. The number of halogens is 1. The van der Waals surface area contributed by atoms with Crippen LogP contribution >= 0.6 is 22.9 Å². The minimum absolute atomic E-state index is 0.111. The van der Waals surface area contributed by atoms with Gasteiger partial charge in [-0.25, -0.2) is 9.97 Å². The predicted molar refractivity (Wildman–Crippen MR) is 67.3 cm³/mol. The number of amides is 1. The fourth-order valence-electron chi connectivity index (χ4n) is 1.29. The molecule has 0 aliphatic heterocycles. The largest absolute Gasteiger partial charge is 0.347 e. The standard InChI is InChI=1S/C11H10ClN3OS/c1-7-10(17-6-15-7)11(16)14-5-8-2-3-9(12)13-4-8/h2-4,6H,5H2,1H3,(H,14,16). The van der Waals surface area contributed by atoms with E-state index in [1.807, 2.05) is 13.0 Å². The number of hydrogen-bond donors (Lipinski definition) is 1. The summed E-state index contributed by atoms with van der Waals surface area (Å²) in [7, 11) is 0. The average molecular weight is 268 g/mol. The molecule has 17 heavy (non-hydrogen) atoms. The zero-order valence-electron chi connectivity index (χ0n) is 9.11. The molecule has 0 radical (unpaired) electrons. The molecular formula is C11H10ClN3OS. The van der Waals surface area contributed by atoms with Crippen LogP contribution < -0.4 is 5.32 Å². The van der Waals surface area contributed by atoms with Crippen LogP contribution in [0.25, 0.3) is 0 Å². The summed E-state index contributed by atoms with van der Waals surface area (Å²) in [5.74, 6) is -0.111. The second-order valence-corrected chi connectivity index (χ2v) is 4.68. The van der Waals surface area contributed by atoms with E-state index in [1.54, 1.807) is 17.8 Å². The first-order chi connectivity index (χ1) is 8.16. The smallest absolute Gasteiger partial charge is 0.263 e. The van der Waals surface area contributed by atoms with Gasteiger partial charge in [-0.15, -0.1) is 11.3 Å². The van der Waals surface area contributed by atoms with Gasteiger partial charge in [0.1, 0.15) is 10.0 Å². The molecule has 88 valence electrons. The lowest BCUT2D eigenvalue weighted by Crippen LogP contribution is -2.22. The maximum atomic E-state index is 11.8. The molecule has 2 heterocycles. The zero-order chi connectivity index (χ0) is 12.3. The maximum Gasteiger partial charge on any atom is 0.263 e. The summed E-state index contributed by atoms with van der Waals surface area (Å²) in [6.45, 7) is 2.25. The summed E-state index contributed by atoms with van der Waals surface area (Å²) in [6.07, 6.45) is 1.64. The van der Waals surface area contributed by atoms with Crippen LogP contribution in [0.4, 0.5) is 0 Å². The molecule has 2 rings (SSSR count). The fourth-order valence-corrected chi connectivity index (χ4v) is 2.12. The lowest BCUT2D eigenvalue weighted by molar-refractivity contribution is 0.0954. The number of rotatable bonds is 3. The number of nitrogens with one attached hydrogen (secondary N) is 1. The predicted octanol–water partition coefficient (Wildman–Crippen LogP) is 2.43. The maximum absolute atomic E-state index is 11.8. The summed E-state index contributed by atoms with van der Waals surface area (Å²) in [5.41, 5.74) is 3.32. The Hall–Kier alpha value is -1.46. The molecule has 1 amide bonds. The van der Waals surface area contributed by atoms with Crippen molar-refractivity contribution in [2.75, 3.05) is 0 Å². The Balaban J connectivity index is 1.97. The fraction of sp³-hybridized carbons (Fsp3) is 0.182. The quantitative estimate of drug-likeness (QED) is 0.869. The summed E-state index contributed by atoms with van der Waals surface area (Å²) >= 11 is 7.01. The highest BCUT2D eigenvalue weighted by atomic mass is 35.5. The Bertz CT molecular complexity index is 524. The molecule has 0 aliphatic carbocycles. The number of aryl methyl sites for hydroxylation is 1. The monoisotopic (exact) mass is 267 g/mol. The van der Waals surface area contributed by atoms with Crippen molar-refractivity contribution in [1.29, 1.82) is 0 Å². The molecular weight excluding hydrogens is 258 g/mol. The van der Waals surface area contributed by atoms with Crippen LogP contribution in [-0.4, -0.2) is 15.9 Å². The molecule has 0 aliphatic rings. The van der Waals surface area contributed by atoms with Crippen molar-refractivity contribution < 1.29 is 4.79 Å². The molecule has 0 aromatic carbocycles. The van der Waals surface area contributed by atoms with E-state index in [2.05, 4.69) is 15.3 Å². The van der Waals surface area contributed by atoms with Gasteiger partial charge >= 0.3 is 0 Å². The molecule has 0 spiro atoms. The number of thiazole rings is 1. The van der Waals surface area contributed by atoms with Crippen molar-refractivity contribution in [2.45, 2.75) is 13.5 Å². The second-order valence-electron chi connectivity index (χ2n) is 3.44. The van der Waals surface area contributed by atoms with Crippen LogP contribution in [0, 0.1) is 6.92 Å². The van der Waals surface area contributed by atoms with Gasteiger partial charge in [0.15, 0.2) is 0 Å². The molecule has 0 saturated carbocycles. The molecule has 2 aromatic heterocycles. The van der Waals surface area contributed by atoms with Crippen LogP contribution in [-0.2, 0) is 6.54 Å². The molecule has 0 bridgehead atoms. The molecule has 1 N–H and O–H groups in total. The number of carbonyl (C=O) groups excluding carboxylic acids is 1. The number of pyridine rings is 1. The first kappa shape index (κ1) is 12.0. The SMILES string of the molecule is Cc1ncsc1C(=O)NCc1ccc(Cl)nc1. The van der Waals surface area contributed by atoms with E-state index in [0.717, 1.165) is 11.3 Å². The third-order valence-electron chi connectivity index (χ3n) is 2.19. The number of aromatic nitrogens is 2. The normalized spacial score (nSPS) is 10.2. The minimum atomic E-state index is -0.111. The Kier molecular flexibility index (Phi) is 3.71. The topological polar surface area (TPSA) is 54.9 Å². The Morgan fingerprint density at radius 1 is 1.47 bits per heavy atom. The van der Waals surface area contributed by atoms with E-state index in [1.165, 1.54) is 11.3 Å². The van der Waals surface area contributed by atoms with Crippen molar-refractivity contribution in [1.82, 2.24) is 15.3 Å². The van der Waals surface area contributed by atoms with Crippen LogP contribution in [0.2, 0.25) is 5.15 Å². The lowest BCUT2D eigenvalue weighted by Gasteiger charge is -2.03. The van der Waals surface area contributed by atoms with Gasteiger partial charge in [-0.05, 0) is 18.6 Å². The van der Waals surface area contributed by atoms with Crippen LogP contribution in [0.5, 0.6) is 0 Å². The van der Waals surface area contributed by atoms with E-state index in [4.69, 9.17) is 11.6 Å². The third-order valence-corrected chi connectivity index (χ3v) is 3.34. The lowest BCUT2D eigenvalue weighted by atomic mass is 10.3. The van der Waals surface area contributed by atoms with Gasteiger partial charge in [-0.2, -0.15) is 0 Å². The summed E-state index contributed by atoms with van der Waals surface area (Å²) in [4.78, 5) is 20.4. The summed E-state index contributed by atoms with van der Waals surface area (Å²) in [5, 5.41) is 3.25. The minimum Gasteiger partial charge on any atom is -0.347 e. The third kappa shape index (κ3) is 3.01. The van der Waals surface area contributed by atoms with Crippen molar-refractivity contribution in [2.24, 2.45) is 0 Å². The van der Waals surface area contributed by atoms with Crippen LogP contribution in [0.3, 0.4) is 0 Å². The Labute approximate surface area is 108 Å². The molecule has 0 saturated heterocycles. The number of carbonyl (C=O) groups is 1. The Morgan fingerprint density at radius 2 is 2.29 bits per heavy atom. The first-order valence-corrected chi connectivity index (χ1v) is 6.21. The summed E-state index contributed by atoms with van der Waals surface area (Å²) < 4.78 is 0. The molecule has 0 atom stereocenters. The van der Waals surface area contributed by atoms with Gasteiger partial charge in [0, 0.05) is 12.7 Å². The highest BCUT2D eigenvalue weighted by Gasteiger charge is 2.10. The van der Waals surface area contributed by atoms with E-state index in [0.29, 0.717) is 16.6 Å². The van der Waals surface area contributed by atoms with Gasteiger partial charge < -0.3 is 5.32 Å². The van der Waals surface area contributed by atoms with Crippen LogP contribution in [0.1, 0.15) is 20.9 Å². The van der Waals surface area contributed by atoms with E-state index in [-0.39, 0.29) is 5.91 Å². The Morgan fingerprint density at radius 3 is 2.88 bits per heavy atom. The highest BCUT2D eigenvalue weighted by Crippen LogP contribution is 2.12. The first-order valence-electron chi connectivity index (χ1n) is 4.95. The molecule has 6 heteroatoms. The van der Waals surface area contributed by atoms with Crippen LogP contribution in [0.15, 0.2) is 23.8 Å². The molecule has 0 fully saturated rings. The molecule has 4 nitrogen and oxygen atoms in total. The number of nitrogens with zero attached hydrogens (tertiary/aromatic N) is 2. The molecule has 0 unspecified atom stereocenters. The van der Waals surface area contributed by atoms with Crippen molar-refractivity contribution >= 4 is 28.8 Å². The second kappa shape index (κ2) is 5.25. The van der Waals surface area contributed by atoms with Crippen molar-refractivity contribution in [3.05, 3.63) is 45.1 Å². The van der Waals surface area contributed by atoms with Gasteiger partial charge in [-0.1, -0.05) is 17.7 Å². The molecule has 2 aromatic rings. The average Bonchev–Trinajstić information content (AvgIpc) is 2.74. The van der Waals surface area contributed by atoms with Gasteiger partial charge in [-0.3, -0.25) is 4.79 Å². The van der Waals surface area contributed by atoms with Gasteiger partial charge in [0.05, 0.1) is 11.2 Å². The van der Waals surface area contributed by atoms with Gasteiger partial charge in [0.25, 0.3) is 5.91 Å². The van der Waals surface area contributed by atoms with Crippen molar-refractivity contribution in [3.8, 4) is 0 Å². The van der Waals surface area contributed by atoms with E-state index >= 15 is 0 Å². The summed E-state index contributed by atoms with van der Waals surface area (Å²) in [6, 6.07) is 3.52. The van der Waals surface area contributed by atoms with E-state index in [9.17, 15) is 4.79 Å². The van der Waals surface area contributed by atoms with Gasteiger partial charge in [0.2, 0.25) is 0 Å².